The van der Waals surface area contributed by atoms with Gasteiger partial charge >= 0.3 is 5.97 Å². The Morgan fingerprint density at radius 2 is 2.55 bits per heavy atom. The lowest BCUT2D eigenvalue weighted by Crippen LogP contribution is -2.02. The van der Waals surface area contributed by atoms with Gasteiger partial charge in [0.15, 0.2) is 6.10 Å². The Morgan fingerprint density at radius 1 is 1.73 bits per heavy atom. The van der Waals surface area contributed by atoms with E-state index in [1.165, 1.54) is 0 Å². The van der Waals surface area contributed by atoms with Gasteiger partial charge in [0.25, 0.3) is 0 Å². The topological polar surface area (TPSA) is 46.5 Å². The molecule has 0 amide bonds. The summed E-state index contributed by atoms with van der Waals surface area (Å²) in [6, 6.07) is 0. The van der Waals surface area contributed by atoms with Crippen molar-refractivity contribution >= 4 is 5.97 Å². The average molecular weight is 154 g/mol. The first-order valence-corrected chi connectivity index (χ1v) is 3.61. The number of aliphatic hydroxyl groups is 1. The van der Waals surface area contributed by atoms with Crippen molar-refractivity contribution in [1.82, 2.24) is 0 Å². The standard InChI is InChI=1S/C8H10O3/c9-6-2-1-3-7-4-5-8(10)11-7/h7,9H,2,4-6H2. The first kappa shape index (κ1) is 8.09. The highest BCUT2D eigenvalue weighted by Crippen LogP contribution is 2.11. The van der Waals surface area contributed by atoms with Gasteiger partial charge < -0.3 is 9.84 Å². The highest BCUT2D eigenvalue weighted by Gasteiger charge is 2.20. The summed E-state index contributed by atoms with van der Waals surface area (Å²) >= 11 is 0. The molecule has 60 valence electrons. The summed E-state index contributed by atoms with van der Waals surface area (Å²) in [5.41, 5.74) is 0. The summed E-state index contributed by atoms with van der Waals surface area (Å²) in [4.78, 5) is 10.5. The summed E-state index contributed by atoms with van der Waals surface area (Å²) in [5, 5.41) is 8.38. The highest BCUT2D eigenvalue weighted by atomic mass is 16.5. The van der Waals surface area contributed by atoms with Crippen LogP contribution < -0.4 is 0 Å². The number of cyclic esters (lactones) is 1. The maximum Gasteiger partial charge on any atom is 0.307 e. The molecule has 1 aliphatic rings. The number of hydrogen-bond acceptors (Lipinski definition) is 3. The molecule has 1 N–H and O–H groups in total. The molecule has 1 heterocycles. The van der Waals surface area contributed by atoms with Crippen LogP contribution in [0.5, 0.6) is 0 Å². The van der Waals surface area contributed by atoms with Crippen molar-refractivity contribution in [2.45, 2.75) is 25.4 Å². The van der Waals surface area contributed by atoms with Gasteiger partial charge in [-0.3, -0.25) is 4.79 Å². The molecular formula is C8H10O3. The van der Waals surface area contributed by atoms with E-state index in [0.29, 0.717) is 19.3 Å². The fourth-order valence-electron chi connectivity index (χ4n) is 0.869. The minimum atomic E-state index is -0.228. The lowest BCUT2D eigenvalue weighted by Gasteiger charge is -1.96. The van der Waals surface area contributed by atoms with Crippen molar-refractivity contribution in [3.8, 4) is 11.8 Å². The summed E-state index contributed by atoms with van der Waals surface area (Å²) in [7, 11) is 0. The van der Waals surface area contributed by atoms with Gasteiger partial charge in [-0.2, -0.15) is 0 Å². The van der Waals surface area contributed by atoms with Crippen LogP contribution in [0.4, 0.5) is 0 Å². The Morgan fingerprint density at radius 3 is 3.09 bits per heavy atom. The number of esters is 1. The molecule has 3 nitrogen and oxygen atoms in total. The predicted molar refractivity (Wildman–Crippen MR) is 38.6 cm³/mol. The van der Waals surface area contributed by atoms with E-state index in [1.807, 2.05) is 0 Å². The Bertz CT molecular complexity index is 199. The fourth-order valence-corrected chi connectivity index (χ4v) is 0.869. The maximum atomic E-state index is 10.5. The van der Waals surface area contributed by atoms with Crippen LogP contribution in [0.15, 0.2) is 0 Å². The first-order chi connectivity index (χ1) is 5.33. The van der Waals surface area contributed by atoms with Crippen molar-refractivity contribution in [1.29, 1.82) is 0 Å². The third kappa shape index (κ3) is 2.60. The van der Waals surface area contributed by atoms with E-state index >= 15 is 0 Å². The second kappa shape index (κ2) is 3.99. The molecule has 0 aromatic rings. The molecule has 0 aliphatic carbocycles. The summed E-state index contributed by atoms with van der Waals surface area (Å²) < 4.78 is 4.81. The van der Waals surface area contributed by atoms with Crippen LogP contribution in [0.1, 0.15) is 19.3 Å². The van der Waals surface area contributed by atoms with Gasteiger partial charge in [0.1, 0.15) is 0 Å². The number of aliphatic hydroxyl groups excluding tert-OH is 1. The Balaban J connectivity index is 2.29. The monoisotopic (exact) mass is 154 g/mol. The molecule has 1 aliphatic heterocycles. The molecule has 3 heteroatoms. The molecule has 0 radical (unpaired) electrons. The Labute approximate surface area is 65.4 Å². The SMILES string of the molecule is O=C1CCC(C#CCCO)O1. The normalized spacial score (nSPS) is 22.3. The zero-order valence-corrected chi connectivity index (χ0v) is 6.17. The van der Waals surface area contributed by atoms with E-state index in [4.69, 9.17) is 9.84 Å². The number of rotatable bonds is 1. The van der Waals surface area contributed by atoms with Crippen molar-refractivity contribution < 1.29 is 14.6 Å². The molecule has 11 heavy (non-hydrogen) atoms. The zero-order valence-electron chi connectivity index (χ0n) is 6.17. The zero-order chi connectivity index (χ0) is 8.10. The Hall–Kier alpha value is -1.01. The molecule has 1 saturated heterocycles. The second-order valence-electron chi connectivity index (χ2n) is 2.31. The van der Waals surface area contributed by atoms with Crippen molar-refractivity contribution in [3.63, 3.8) is 0 Å². The minimum absolute atomic E-state index is 0.0632. The molecule has 1 rings (SSSR count). The number of hydrogen-bond donors (Lipinski definition) is 1. The van der Waals surface area contributed by atoms with E-state index in [0.717, 1.165) is 0 Å². The molecule has 0 aromatic carbocycles. The smallest absolute Gasteiger partial charge is 0.307 e. The van der Waals surface area contributed by atoms with E-state index in [9.17, 15) is 4.79 Å². The van der Waals surface area contributed by atoms with Crippen LogP contribution in [0.3, 0.4) is 0 Å². The van der Waals surface area contributed by atoms with Crippen molar-refractivity contribution in [2.75, 3.05) is 6.61 Å². The fraction of sp³-hybridized carbons (Fsp3) is 0.625. The van der Waals surface area contributed by atoms with Gasteiger partial charge in [-0.15, -0.1) is 0 Å². The van der Waals surface area contributed by atoms with Crippen molar-refractivity contribution in [2.24, 2.45) is 0 Å². The molecular weight excluding hydrogens is 144 g/mol. The number of ether oxygens (including phenoxy) is 1. The maximum absolute atomic E-state index is 10.5. The van der Waals surface area contributed by atoms with Gasteiger partial charge in [-0.1, -0.05) is 11.8 Å². The summed E-state index contributed by atoms with van der Waals surface area (Å²) in [6.07, 6.45) is 1.39. The second-order valence-corrected chi connectivity index (χ2v) is 2.31. The van der Waals surface area contributed by atoms with Crippen LogP contribution in [0, 0.1) is 11.8 Å². The largest absolute Gasteiger partial charge is 0.449 e. The van der Waals surface area contributed by atoms with Gasteiger partial charge in [0.2, 0.25) is 0 Å². The molecule has 0 saturated carbocycles. The van der Waals surface area contributed by atoms with Crippen molar-refractivity contribution in [3.05, 3.63) is 0 Å². The molecule has 1 atom stereocenters. The van der Waals surface area contributed by atoms with Crippen LogP contribution in [-0.2, 0) is 9.53 Å². The summed E-state index contributed by atoms with van der Waals surface area (Å²) in [5.74, 6) is 5.31. The van der Waals surface area contributed by atoms with Crippen LogP contribution in [0.25, 0.3) is 0 Å². The van der Waals surface area contributed by atoms with E-state index in [-0.39, 0.29) is 18.7 Å². The van der Waals surface area contributed by atoms with Crippen LogP contribution in [-0.4, -0.2) is 23.8 Å². The number of carbonyl (C=O) groups excluding carboxylic acids is 1. The van der Waals surface area contributed by atoms with E-state index in [2.05, 4.69) is 11.8 Å². The highest BCUT2D eigenvalue weighted by molar-refractivity contribution is 5.72. The number of carbonyl (C=O) groups is 1. The van der Waals surface area contributed by atoms with Crippen LogP contribution in [0.2, 0.25) is 0 Å². The predicted octanol–water partition coefficient (Wildman–Crippen LogP) is 0.0778. The lowest BCUT2D eigenvalue weighted by molar-refractivity contribution is -0.139. The lowest BCUT2D eigenvalue weighted by atomic mass is 10.2. The molecule has 0 bridgehead atoms. The summed E-state index contributed by atoms with van der Waals surface area (Å²) in [6.45, 7) is 0.0632. The minimum Gasteiger partial charge on any atom is -0.449 e. The third-order valence-corrected chi connectivity index (χ3v) is 1.38. The molecule has 1 unspecified atom stereocenters. The van der Waals surface area contributed by atoms with E-state index in [1.54, 1.807) is 0 Å². The van der Waals surface area contributed by atoms with Gasteiger partial charge in [0, 0.05) is 12.8 Å². The van der Waals surface area contributed by atoms with Gasteiger partial charge in [-0.25, -0.2) is 0 Å². The third-order valence-electron chi connectivity index (χ3n) is 1.38. The molecule has 0 spiro atoms. The average Bonchev–Trinajstić information content (AvgIpc) is 2.37. The molecule has 0 aromatic heterocycles. The van der Waals surface area contributed by atoms with Gasteiger partial charge in [-0.05, 0) is 0 Å². The quantitative estimate of drug-likeness (QED) is 0.429. The van der Waals surface area contributed by atoms with Gasteiger partial charge in [0.05, 0.1) is 13.0 Å². The molecule has 1 fully saturated rings. The van der Waals surface area contributed by atoms with E-state index < -0.39 is 0 Å². The Kier molecular flexibility index (Phi) is 2.94. The van der Waals surface area contributed by atoms with Crippen LogP contribution >= 0.6 is 0 Å². The first-order valence-electron chi connectivity index (χ1n) is 3.61.